The first-order valence-corrected chi connectivity index (χ1v) is 13.7. The molecule has 0 fully saturated rings. The molecule has 1 aliphatic carbocycles. The number of ether oxygens (including phenoxy) is 1. The summed E-state index contributed by atoms with van der Waals surface area (Å²) in [6.07, 6.45) is 27.6. The largest absolute Gasteiger partial charge is 0.465 e. The maximum Gasteiger partial charge on any atom is 0.309 e. The summed E-state index contributed by atoms with van der Waals surface area (Å²) in [6, 6.07) is 0. The Hall–Kier alpha value is -1.31. The van der Waals surface area contributed by atoms with Gasteiger partial charge in [0, 0.05) is 0 Å². The highest BCUT2D eigenvalue weighted by Crippen LogP contribution is 2.27. The van der Waals surface area contributed by atoms with Crippen LogP contribution in [0.25, 0.3) is 0 Å². The zero-order chi connectivity index (χ0) is 23.4. The first kappa shape index (κ1) is 28.7. The van der Waals surface area contributed by atoms with E-state index in [1.165, 1.54) is 74.5 Å². The van der Waals surface area contributed by atoms with Crippen LogP contribution >= 0.6 is 0 Å². The van der Waals surface area contributed by atoms with Gasteiger partial charge in [0.15, 0.2) is 0 Å². The number of rotatable bonds is 18. The summed E-state index contributed by atoms with van der Waals surface area (Å²) in [5, 5.41) is 0. The Morgan fingerprint density at radius 2 is 1.59 bits per heavy atom. The summed E-state index contributed by atoms with van der Waals surface area (Å²) in [5.41, 5.74) is 4.42. The van der Waals surface area contributed by atoms with Crippen LogP contribution in [0.3, 0.4) is 0 Å². The molecular formula is C30H52O2. The van der Waals surface area contributed by atoms with Crippen molar-refractivity contribution in [2.75, 3.05) is 6.61 Å². The number of carbonyl (C=O) groups is 1. The second-order valence-electron chi connectivity index (χ2n) is 10.1. The van der Waals surface area contributed by atoms with Gasteiger partial charge in [-0.3, -0.25) is 4.79 Å². The average Bonchev–Trinajstić information content (AvgIpc) is 2.77. The molecule has 0 aromatic heterocycles. The van der Waals surface area contributed by atoms with E-state index in [1.807, 2.05) is 0 Å². The SMILES string of the molecule is CCCCCCCCCCCCOC(=O)C1CC=C(CC/C=C(\C)CCC=C(C)C)CC1. The summed E-state index contributed by atoms with van der Waals surface area (Å²) in [5.74, 6) is 0.120. The zero-order valence-electron chi connectivity index (χ0n) is 21.9. The minimum Gasteiger partial charge on any atom is -0.465 e. The van der Waals surface area contributed by atoms with Crippen LogP contribution in [0.5, 0.6) is 0 Å². The van der Waals surface area contributed by atoms with E-state index in [4.69, 9.17) is 4.74 Å². The molecule has 0 amide bonds. The molecule has 1 rings (SSSR count). The Labute approximate surface area is 200 Å². The van der Waals surface area contributed by atoms with Gasteiger partial charge < -0.3 is 4.74 Å². The van der Waals surface area contributed by atoms with Crippen molar-refractivity contribution in [1.82, 2.24) is 0 Å². The molecule has 0 saturated carbocycles. The topological polar surface area (TPSA) is 26.3 Å². The van der Waals surface area contributed by atoms with E-state index in [1.54, 1.807) is 0 Å². The van der Waals surface area contributed by atoms with Gasteiger partial charge in [-0.05, 0) is 72.1 Å². The summed E-state index contributed by atoms with van der Waals surface area (Å²) < 4.78 is 5.57. The molecule has 0 N–H and O–H groups in total. The third-order valence-corrected chi connectivity index (χ3v) is 6.63. The first-order valence-electron chi connectivity index (χ1n) is 13.7. The fourth-order valence-corrected chi connectivity index (χ4v) is 4.40. The lowest BCUT2D eigenvalue weighted by atomic mass is 9.87. The van der Waals surface area contributed by atoms with Crippen molar-refractivity contribution in [1.29, 1.82) is 0 Å². The van der Waals surface area contributed by atoms with E-state index in [0.717, 1.165) is 51.4 Å². The average molecular weight is 445 g/mol. The van der Waals surface area contributed by atoms with E-state index < -0.39 is 0 Å². The molecule has 0 heterocycles. The number of carbonyl (C=O) groups excluding carboxylic acids is 1. The van der Waals surface area contributed by atoms with Gasteiger partial charge in [-0.1, -0.05) is 99.7 Å². The normalized spacial score (nSPS) is 16.6. The molecule has 1 atom stereocenters. The molecule has 2 heteroatoms. The lowest BCUT2D eigenvalue weighted by Gasteiger charge is -2.20. The molecule has 1 aliphatic rings. The molecule has 0 saturated heterocycles. The predicted molar refractivity (Wildman–Crippen MR) is 140 cm³/mol. The van der Waals surface area contributed by atoms with Gasteiger partial charge in [0.05, 0.1) is 12.5 Å². The van der Waals surface area contributed by atoms with Crippen molar-refractivity contribution >= 4 is 5.97 Å². The molecule has 0 aliphatic heterocycles. The molecule has 1 unspecified atom stereocenters. The second-order valence-corrected chi connectivity index (χ2v) is 10.1. The van der Waals surface area contributed by atoms with Gasteiger partial charge in [-0.2, -0.15) is 0 Å². The van der Waals surface area contributed by atoms with Crippen LogP contribution < -0.4 is 0 Å². The number of hydrogen-bond donors (Lipinski definition) is 0. The van der Waals surface area contributed by atoms with Crippen molar-refractivity contribution < 1.29 is 9.53 Å². The quantitative estimate of drug-likeness (QED) is 0.119. The van der Waals surface area contributed by atoms with E-state index in [2.05, 4.69) is 45.9 Å². The fourth-order valence-electron chi connectivity index (χ4n) is 4.40. The van der Waals surface area contributed by atoms with Crippen molar-refractivity contribution in [3.63, 3.8) is 0 Å². The lowest BCUT2D eigenvalue weighted by molar-refractivity contribution is -0.149. The molecule has 0 radical (unpaired) electrons. The molecule has 0 spiro atoms. The van der Waals surface area contributed by atoms with Crippen molar-refractivity contribution in [2.24, 2.45) is 5.92 Å². The summed E-state index contributed by atoms with van der Waals surface area (Å²) in [7, 11) is 0. The van der Waals surface area contributed by atoms with Gasteiger partial charge in [0.2, 0.25) is 0 Å². The first-order chi connectivity index (χ1) is 15.5. The Bertz CT molecular complexity index is 578. The minimum absolute atomic E-state index is 0.0336. The fraction of sp³-hybridized carbons (Fsp3) is 0.767. The molecule has 184 valence electrons. The molecule has 0 bridgehead atoms. The third-order valence-electron chi connectivity index (χ3n) is 6.63. The highest BCUT2D eigenvalue weighted by atomic mass is 16.5. The standard InChI is InChI=1S/C30H52O2/c1-5-6-7-8-9-10-11-12-13-14-25-32-30(31)29-23-21-28(22-24-29)20-16-19-27(4)18-15-17-26(2)3/h17,19,21,29H,5-16,18,20,22-25H2,1-4H3/b27-19+. The van der Waals surface area contributed by atoms with E-state index in [0.29, 0.717) is 6.61 Å². The van der Waals surface area contributed by atoms with E-state index >= 15 is 0 Å². The minimum atomic E-state index is 0.0336. The van der Waals surface area contributed by atoms with Gasteiger partial charge in [0.25, 0.3) is 0 Å². The maximum atomic E-state index is 12.4. The Morgan fingerprint density at radius 1 is 0.938 bits per heavy atom. The van der Waals surface area contributed by atoms with Crippen LogP contribution in [-0.2, 0) is 9.53 Å². The van der Waals surface area contributed by atoms with Gasteiger partial charge in [-0.25, -0.2) is 0 Å². The molecular weight excluding hydrogens is 392 g/mol. The van der Waals surface area contributed by atoms with Crippen LogP contribution in [0.4, 0.5) is 0 Å². The smallest absolute Gasteiger partial charge is 0.309 e. The Balaban J connectivity index is 2.06. The number of allylic oxidation sites excluding steroid dienone is 6. The number of unbranched alkanes of at least 4 members (excludes halogenated alkanes) is 9. The van der Waals surface area contributed by atoms with Crippen molar-refractivity contribution in [3.8, 4) is 0 Å². The van der Waals surface area contributed by atoms with Crippen LogP contribution in [0.15, 0.2) is 34.9 Å². The van der Waals surface area contributed by atoms with Crippen LogP contribution in [0, 0.1) is 5.92 Å². The van der Waals surface area contributed by atoms with Gasteiger partial charge >= 0.3 is 5.97 Å². The zero-order valence-corrected chi connectivity index (χ0v) is 21.9. The molecule has 2 nitrogen and oxygen atoms in total. The molecule has 0 aromatic rings. The monoisotopic (exact) mass is 444 g/mol. The number of hydrogen-bond acceptors (Lipinski definition) is 2. The second kappa shape index (κ2) is 19.2. The maximum absolute atomic E-state index is 12.4. The summed E-state index contributed by atoms with van der Waals surface area (Å²) >= 11 is 0. The summed E-state index contributed by atoms with van der Waals surface area (Å²) in [6.45, 7) is 9.45. The predicted octanol–water partition coefficient (Wildman–Crippen LogP) is 9.65. The van der Waals surface area contributed by atoms with Crippen LogP contribution in [0.2, 0.25) is 0 Å². The van der Waals surface area contributed by atoms with E-state index in [-0.39, 0.29) is 11.9 Å². The van der Waals surface area contributed by atoms with Crippen molar-refractivity contribution in [2.45, 2.75) is 137 Å². The third kappa shape index (κ3) is 15.5. The molecule has 32 heavy (non-hydrogen) atoms. The molecule has 0 aromatic carbocycles. The number of esters is 1. The summed E-state index contributed by atoms with van der Waals surface area (Å²) in [4.78, 5) is 12.4. The lowest BCUT2D eigenvalue weighted by Crippen LogP contribution is -2.20. The Morgan fingerprint density at radius 3 is 2.19 bits per heavy atom. The van der Waals surface area contributed by atoms with Crippen LogP contribution in [0.1, 0.15) is 137 Å². The highest BCUT2D eigenvalue weighted by Gasteiger charge is 2.22. The Kier molecular flexibility index (Phi) is 17.2. The van der Waals surface area contributed by atoms with Gasteiger partial charge in [-0.15, -0.1) is 0 Å². The van der Waals surface area contributed by atoms with E-state index in [9.17, 15) is 4.79 Å². The van der Waals surface area contributed by atoms with Crippen molar-refractivity contribution in [3.05, 3.63) is 34.9 Å². The van der Waals surface area contributed by atoms with Gasteiger partial charge in [0.1, 0.15) is 0 Å². The van der Waals surface area contributed by atoms with Crippen LogP contribution in [-0.4, -0.2) is 12.6 Å². The highest BCUT2D eigenvalue weighted by molar-refractivity contribution is 5.72.